The number of aromatic nitrogens is 1. The summed E-state index contributed by atoms with van der Waals surface area (Å²) in [6, 6.07) is 19.5. The standard InChI is InChI=1S/C29H29ClN4O2S/c1-19-6-9-24(27-28(36)22-4-2-3-5-26(22)37-29(19)27)33-13-15-34(16-17-35)14-12-32-23-10-11-31-25-18-20(30)7-8-21(23)25/h2-11,18,33,35H,12-17H2,1H3,(H,31,32). The molecule has 0 saturated carbocycles. The molecule has 0 fully saturated rings. The third kappa shape index (κ3) is 5.55. The van der Waals surface area contributed by atoms with E-state index in [1.807, 2.05) is 61.5 Å². The lowest BCUT2D eigenvalue weighted by Gasteiger charge is -2.22. The molecule has 5 rings (SSSR count). The number of halogens is 1. The molecule has 0 aliphatic carbocycles. The van der Waals surface area contributed by atoms with Gasteiger partial charge in [-0.1, -0.05) is 29.8 Å². The maximum atomic E-state index is 13.4. The summed E-state index contributed by atoms with van der Waals surface area (Å²) in [6.45, 7) is 5.57. The third-order valence-electron chi connectivity index (χ3n) is 6.53. The fourth-order valence-corrected chi connectivity index (χ4v) is 5.97. The van der Waals surface area contributed by atoms with E-state index in [2.05, 4.69) is 26.6 Å². The van der Waals surface area contributed by atoms with Crippen LogP contribution in [0, 0.1) is 6.92 Å². The van der Waals surface area contributed by atoms with Gasteiger partial charge >= 0.3 is 0 Å². The first kappa shape index (κ1) is 25.4. The van der Waals surface area contributed by atoms with Crippen molar-refractivity contribution in [2.45, 2.75) is 6.92 Å². The van der Waals surface area contributed by atoms with Crippen molar-refractivity contribution in [3.63, 3.8) is 0 Å². The van der Waals surface area contributed by atoms with E-state index >= 15 is 0 Å². The number of aliphatic hydroxyl groups is 1. The summed E-state index contributed by atoms with van der Waals surface area (Å²) < 4.78 is 2.03. The van der Waals surface area contributed by atoms with Gasteiger partial charge in [-0.15, -0.1) is 11.3 Å². The number of rotatable bonds is 10. The molecule has 5 aromatic rings. The number of aryl methyl sites for hydroxylation is 1. The summed E-state index contributed by atoms with van der Waals surface area (Å²) in [5.74, 6) is 0. The number of hydrogen-bond donors (Lipinski definition) is 3. The van der Waals surface area contributed by atoms with E-state index in [1.54, 1.807) is 17.5 Å². The Balaban J connectivity index is 1.26. The molecule has 37 heavy (non-hydrogen) atoms. The van der Waals surface area contributed by atoms with Crippen LogP contribution in [0.4, 0.5) is 11.4 Å². The summed E-state index contributed by atoms with van der Waals surface area (Å²) in [6.07, 6.45) is 1.77. The highest BCUT2D eigenvalue weighted by Gasteiger charge is 2.13. The van der Waals surface area contributed by atoms with Crippen LogP contribution in [0.25, 0.3) is 31.1 Å². The molecule has 0 amide bonds. The minimum Gasteiger partial charge on any atom is -0.395 e. The maximum Gasteiger partial charge on any atom is 0.197 e. The summed E-state index contributed by atoms with van der Waals surface area (Å²) in [4.78, 5) is 19.9. The minimum absolute atomic E-state index is 0.0674. The predicted octanol–water partition coefficient (Wildman–Crippen LogP) is 5.74. The van der Waals surface area contributed by atoms with Crippen molar-refractivity contribution < 1.29 is 5.11 Å². The maximum absolute atomic E-state index is 13.4. The molecular weight excluding hydrogens is 504 g/mol. The van der Waals surface area contributed by atoms with Crippen LogP contribution in [0.2, 0.25) is 5.02 Å². The van der Waals surface area contributed by atoms with E-state index in [9.17, 15) is 9.90 Å². The van der Waals surface area contributed by atoms with Gasteiger partial charge in [0.25, 0.3) is 0 Å². The Morgan fingerprint density at radius 1 is 0.946 bits per heavy atom. The largest absolute Gasteiger partial charge is 0.395 e. The van der Waals surface area contributed by atoms with Crippen molar-refractivity contribution in [2.75, 3.05) is 50.0 Å². The number of benzene rings is 3. The smallest absolute Gasteiger partial charge is 0.197 e. The Morgan fingerprint density at radius 2 is 1.73 bits per heavy atom. The lowest BCUT2D eigenvalue weighted by atomic mass is 10.1. The summed E-state index contributed by atoms with van der Waals surface area (Å²) in [7, 11) is 0. The lowest BCUT2D eigenvalue weighted by molar-refractivity contribution is 0.205. The van der Waals surface area contributed by atoms with Gasteiger partial charge in [-0.05, 0) is 55.0 Å². The van der Waals surface area contributed by atoms with Crippen LogP contribution in [0.3, 0.4) is 0 Å². The van der Waals surface area contributed by atoms with Gasteiger partial charge < -0.3 is 15.7 Å². The molecule has 2 aromatic heterocycles. The second kappa shape index (κ2) is 11.4. The molecule has 0 atom stereocenters. The Hall–Kier alpha value is -3.23. The molecule has 0 spiro atoms. The fourth-order valence-electron chi connectivity index (χ4n) is 4.63. The Labute approximate surface area is 224 Å². The number of nitrogens with zero attached hydrogens (tertiary/aromatic N) is 2. The van der Waals surface area contributed by atoms with E-state index in [0.29, 0.717) is 24.7 Å². The number of nitrogens with one attached hydrogen (secondary N) is 2. The van der Waals surface area contributed by atoms with Gasteiger partial charge in [-0.25, -0.2) is 0 Å². The molecule has 3 aromatic carbocycles. The minimum atomic E-state index is 0.0674. The molecule has 190 valence electrons. The highest BCUT2D eigenvalue weighted by atomic mass is 35.5. The van der Waals surface area contributed by atoms with Crippen molar-refractivity contribution in [1.82, 2.24) is 9.88 Å². The topological polar surface area (TPSA) is 77.5 Å². The van der Waals surface area contributed by atoms with Gasteiger partial charge in [0.15, 0.2) is 5.43 Å². The molecule has 0 saturated heterocycles. The van der Waals surface area contributed by atoms with Crippen LogP contribution in [-0.4, -0.2) is 54.3 Å². The summed E-state index contributed by atoms with van der Waals surface area (Å²) >= 11 is 7.77. The number of aliphatic hydroxyl groups excluding tert-OH is 1. The zero-order valence-corrected chi connectivity index (χ0v) is 22.2. The molecule has 0 bridgehead atoms. The number of pyridine rings is 1. The first-order valence-electron chi connectivity index (χ1n) is 12.4. The van der Waals surface area contributed by atoms with Crippen LogP contribution in [0.1, 0.15) is 5.56 Å². The molecule has 3 N–H and O–H groups in total. The highest BCUT2D eigenvalue weighted by molar-refractivity contribution is 7.24. The second-order valence-corrected chi connectivity index (χ2v) is 10.5. The Bertz CT molecular complexity index is 1620. The van der Waals surface area contributed by atoms with Crippen molar-refractivity contribution in [3.8, 4) is 0 Å². The molecule has 0 unspecified atom stereocenters. The van der Waals surface area contributed by atoms with Gasteiger partial charge in [-0.3, -0.25) is 14.7 Å². The summed E-state index contributed by atoms with van der Waals surface area (Å²) in [5.41, 5.74) is 3.89. The first-order valence-corrected chi connectivity index (χ1v) is 13.5. The quantitative estimate of drug-likeness (QED) is 0.199. The molecule has 6 nitrogen and oxygen atoms in total. The van der Waals surface area contributed by atoms with E-state index < -0.39 is 0 Å². The number of fused-ring (bicyclic) bond motifs is 3. The third-order valence-corrected chi connectivity index (χ3v) is 8.07. The average molecular weight is 533 g/mol. The zero-order valence-electron chi connectivity index (χ0n) is 20.6. The van der Waals surface area contributed by atoms with Crippen LogP contribution in [-0.2, 0) is 0 Å². The molecule has 2 heterocycles. The molecule has 0 aliphatic heterocycles. The zero-order chi connectivity index (χ0) is 25.8. The molecule has 8 heteroatoms. The SMILES string of the molecule is Cc1ccc(NCCN(CCO)CCNc2ccnc3cc(Cl)ccc23)c2c(=O)c3ccccc3sc12. The van der Waals surface area contributed by atoms with E-state index in [1.165, 1.54) is 0 Å². The lowest BCUT2D eigenvalue weighted by Crippen LogP contribution is -2.35. The van der Waals surface area contributed by atoms with Crippen LogP contribution >= 0.6 is 22.9 Å². The van der Waals surface area contributed by atoms with Crippen LogP contribution < -0.4 is 16.1 Å². The Morgan fingerprint density at radius 3 is 2.54 bits per heavy atom. The van der Waals surface area contributed by atoms with E-state index in [0.717, 1.165) is 61.1 Å². The molecule has 0 radical (unpaired) electrons. The molecular formula is C29H29ClN4O2S. The Kier molecular flexibility index (Phi) is 7.86. The first-order chi connectivity index (χ1) is 18.0. The molecule has 0 aliphatic rings. The normalized spacial score (nSPS) is 11.6. The van der Waals surface area contributed by atoms with Crippen LogP contribution in [0.15, 0.2) is 71.7 Å². The van der Waals surface area contributed by atoms with Crippen molar-refractivity contribution in [2.24, 2.45) is 0 Å². The van der Waals surface area contributed by atoms with Gasteiger partial charge in [0.05, 0.1) is 17.5 Å². The van der Waals surface area contributed by atoms with Crippen molar-refractivity contribution in [3.05, 3.63) is 87.7 Å². The highest BCUT2D eigenvalue weighted by Crippen LogP contribution is 2.31. The fraction of sp³-hybridized carbons (Fsp3) is 0.241. The summed E-state index contributed by atoms with van der Waals surface area (Å²) in [5, 5.41) is 19.8. The van der Waals surface area contributed by atoms with Gasteiger partial charge in [0.2, 0.25) is 0 Å². The predicted molar refractivity (Wildman–Crippen MR) is 158 cm³/mol. The monoisotopic (exact) mass is 532 g/mol. The van der Waals surface area contributed by atoms with Gasteiger partial charge in [0, 0.05) is 75.5 Å². The number of anilines is 2. The van der Waals surface area contributed by atoms with Crippen LogP contribution in [0.5, 0.6) is 0 Å². The van der Waals surface area contributed by atoms with E-state index in [4.69, 9.17) is 11.6 Å². The van der Waals surface area contributed by atoms with E-state index in [-0.39, 0.29) is 12.0 Å². The average Bonchev–Trinajstić information content (AvgIpc) is 2.90. The van der Waals surface area contributed by atoms with Crippen molar-refractivity contribution in [1.29, 1.82) is 0 Å². The van der Waals surface area contributed by atoms with Gasteiger partial charge in [0.1, 0.15) is 0 Å². The second-order valence-electron chi connectivity index (χ2n) is 9.00. The number of hydrogen-bond acceptors (Lipinski definition) is 7. The van der Waals surface area contributed by atoms with Crippen molar-refractivity contribution >= 4 is 65.4 Å². The van der Waals surface area contributed by atoms with Gasteiger partial charge in [-0.2, -0.15) is 0 Å².